The zero-order valence-corrected chi connectivity index (χ0v) is 20.6. The molecule has 1 saturated heterocycles. The third kappa shape index (κ3) is 6.91. The Morgan fingerprint density at radius 3 is 2.67 bits per heavy atom. The van der Waals surface area contributed by atoms with Gasteiger partial charge in [0.05, 0.1) is 18.0 Å². The summed E-state index contributed by atoms with van der Waals surface area (Å²) in [7, 11) is 0. The second kappa shape index (κ2) is 11.8. The van der Waals surface area contributed by atoms with E-state index in [1.165, 1.54) is 12.4 Å². The number of aryl methyl sites for hydroxylation is 2. The number of hydroxylamine groups is 2. The molecular formula is C25H30FN5O5. The van der Waals surface area contributed by atoms with Crippen molar-refractivity contribution in [1.29, 1.82) is 0 Å². The van der Waals surface area contributed by atoms with E-state index in [0.29, 0.717) is 50.3 Å². The molecule has 1 aliphatic heterocycles. The number of ether oxygens (including phenoxy) is 3. The highest BCUT2D eigenvalue weighted by molar-refractivity contribution is 5.59. The van der Waals surface area contributed by atoms with Gasteiger partial charge in [0.1, 0.15) is 12.4 Å². The third-order valence-corrected chi connectivity index (χ3v) is 5.63. The third-order valence-electron chi connectivity index (χ3n) is 5.63. The molecule has 0 aliphatic carbocycles. The number of carbonyl (C=O) groups excluding carboxylic acids is 1. The number of imidazole rings is 1. The van der Waals surface area contributed by atoms with Crippen molar-refractivity contribution in [3.05, 3.63) is 60.2 Å². The molecule has 0 bridgehead atoms. The minimum Gasteiger partial charge on any atom is -0.474 e. The molecule has 0 saturated carbocycles. The van der Waals surface area contributed by atoms with E-state index >= 15 is 0 Å². The molecule has 1 fully saturated rings. The quantitative estimate of drug-likeness (QED) is 0.395. The van der Waals surface area contributed by atoms with Crippen LogP contribution in [0.5, 0.6) is 17.5 Å². The summed E-state index contributed by atoms with van der Waals surface area (Å²) in [6.45, 7) is 7.00. The van der Waals surface area contributed by atoms with Gasteiger partial charge in [-0.3, -0.25) is 0 Å². The number of halogens is 1. The highest BCUT2D eigenvalue weighted by Gasteiger charge is 2.25. The van der Waals surface area contributed by atoms with E-state index in [-0.39, 0.29) is 23.8 Å². The lowest BCUT2D eigenvalue weighted by Gasteiger charge is -2.30. The Bertz CT molecular complexity index is 1150. The fourth-order valence-electron chi connectivity index (χ4n) is 3.72. The SMILES string of the molecule is Cc1c(Oc2ccc(CCn3ccnc3)cc2F)ncnc1OC1CCN(OC(=O)OC(C)C)CC1. The smallest absolute Gasteiger partial charge is 0.474 e. The number of aromatic nitrogens is 4. The highest BCUT2D eigenvalue weighted by Crippen LogP contribution is 2.31. The van der Waals surface area contributed by atoms with Gasteiger partial charge in [-0.2, -0.15) is 0 Å². The maximum atomic E-state index is 14.7. The summed E-state index contributed by atoms with van der Waals surface area (Å²) in [4.78, 5) is 29.3. The van der Waals surface area contributed by atoms with Crippen LogP contribution in [0.3, 0.4) is 0 Å². The van der Waals surface area contributed by atoms with Crippen LogP contribution in [0.15, 0.2) is 43.2 Å². The number of rotatable bonds is 9. The minimum absolute atomic E-state index is 0.0767. The zero-order chi connectivity index (χ0) is 25.5. The van der Waals surface area contributed by atoms with E-state index in [0.717, 1.165) is 5.56 Å². The topological polar surface area (TPSA) is 101 Å². The van der Waals surface area contributed by atoms with Crippen LogP contribution in [-0.4, -0.2) is 56.0 Å². The number of hydrogen-bond acceptors (Lipinski definition) is 9. The summed E-state index contributed by atoms with van der Waals surface area (Å²) >= 11 is 0. The van der Waals surface area contributed by atoms with Gasteiger partial charge in [-0.05, 0) is 44.9 Å². The van der Waals surface area contributed by atoms with Crippen LogP contribution in [0, 0.1) is 12.7 Å². The Balaban J connectivity index is 1.32. The summed E-state index contributed by atoms with van der Waals surface area (Å²) in [5.74, 6) is 0.202. The van der Waals surface area contributed by atoms with Crippen LogP contribution in [0.4, 0.5) is 9.18 Å². The number of nitrogens with zero attached hydrogens (tertiary/aromatic N) is 5. The predicted octanol–water partition coefficient (Wildman–Crippen LogP) is 4.48. The summed E-state index contributed by atoms with van der Waals surface area (Å²) < 4.78 is 33.5. The van der Waals surface area contributed by atoms with Crippen molar-refractivity contribution in [1.82, 2.24) is 24.6 Å². The summed E-state index contributed by atoms with van der Waals surface area (Å²) in [5, 5.41) is 1.56. The molecule has 0 N–H and O–H groups in total. The van der Waals surface area contributed by atoms with Gasteiger partial charge in [-0.1, -0.05) is 6.07 Å². The van der Waals surface area contributed by atoms with Crippen LogP contribution >= 0.6 is 0 Å². The Hall–Kier alpha value is -3.73. The van der Waals surface area contributed by atoms with Crippen LogP contribution in [0.1, 0.15) is 37.8 Å². The maximum Gasteiger partial charge on any atom is 0.528 e. The van der Waals surface area contributed by atoms with Gasteiger partial charge in [0.15, 0.2) is 11.6 Å². The summed E-state index contributed by atoms with van der Waals surface area (Å²) in [6.07, 6.45) is 7.48. The largest absolute Gasteiger partial charge is 0.528 e. The first-order valence-corrected chi connectivity index (χ1v) is 11.9. The molecular weight excluding hydrogens is 469 g/mol. The molecule has 0 radical (unpaired) electrons. The van der Waals surface area contributed by atoms with Crippen molar-refractivity contribution < 1.29 is 28.2 Å². The Kier molecular flexibility index (Phi) is 8.32. The second-order valence-electron chi connectivity index (χ2n) is 8.78. The first-order chi connectivity index (χ1) is 17.4. The predicted molar refractivity (Wildman–Crippen MR) is 127 cm³/mol. The second-order valence-corrected chi connectivity index (χ2v) is 8.78. The standard InChI is InChI=1S/C25H30FN5O5/c1-17(2)33-25(32)36-31-11-7-20(8-12-31)34-23-18(3)24(29-15-28-23)35-22-5-4-19(14-21(22)26)6-10-30-13-9-27-16-30/h4-5,9,13-17,20H,6-8,10-12H2,1-3H3. The first kappa shape index (κ1) is 25.4. The minimum atomic E-state index is -0.712. The molecule has 1 aromatic carbocycles. The number of hydrogen-bond donors (Lipinski definition) is 0. The molecule has 0 unspecified atom stereocenters. The van der Waals surface area contributed by atoms with Gasteiger partial charge in [0.25, 0.3) is 0 Å². The van der Waals surface area contributed by atoms with Crippen molar-refractivity contribution in [2.75, 3.05) is 13.1 Å². The van der Waals surface area contributed by atoms with Gasteiger partial charge < -0.3 is 23.6 Å². The fourth-order valence-corrected chi connectivity index (χ4v) is 3.72. The number of benzene rings is 1. The van der Waals surface area contributed by atoms with Crippen LogP contribution in [-0.2, 0) is 22.5 Å². The Morgan fingerprint density at radius 1 is 1.19 bits per heavy atom. The zero-order valence-electron chi connectivity index (χ0n) is 20.6. The van der Waals surface area contributed by atoms with Crippen molar-refractivity contribution in [3.8, 4) is 17.5 Å². The van der Waals surface area contributed by atoms with Gasteiger partial charge in [-0.15, -0.1) is 5.06 Å². The highest BCUT2D eigenvalue weighted by atomic mass is 19.1. The average Bonchev–Trinajstić information content (AvgIpc) is 3.36. The molecule has 3 aromatic rings. The fraction of sp³-hybridized carbons (Fsp3) is 0.440. The van der Waals surface area contributed by atoms with E-state index in [2.05, 4.69) is 15.0 Å². The summed E-state index contributed by atoms with van der Waals surface area (Å²) in [6, 6.07) is 4.89. The Labute approximate surface area is 208 Å². The molecule has 1 aliphatic rings. The van der Waals surface area contributed by atoms with E-state index in [1.54, 1.807) is 44.4 Å². The normalized spacial score (nSPS) is 14.6. The van der Waals surface area contributed by atoms with Gasteiger partial charge in [0, 0.05) is 44.9 Å². The van der Waals surface area contributed by atoms with Crippen molar-refractivity contribution in [3.63, 3.8) is 0 Å². The lowest BCUT2D eigenvalue weighted by Crippen LogP contribution is -2.40. The molecule has 4 rings (SSSR count). The molecule has 10 nitrogen and oxygen atoms in total. The number of piperidine rings is 1. The van der Waals surface area contributed by atoms with Crippen LogP contribution in [0.25, 0.3) is 0 Å². The van der Waals surface area contributed by atoms with Crippen molar-refractivity contribution in [2.24, 2.45) is 0 Å². The van der Waals surface area contributed by atoms with Gasteiger partial charge in [0.2, 0.25) is 11.8 Å². The molecule has 0 atom stereocenters. The maximum absolute atomic E-state index is 14.7. The van der Waals surface area contributed by atoms with Crippen molar-refractivity contribution >= 4 is 6.16 Å². The average molecular weight is 500 g/mol. The molecule has 36 heavy (non-hydrogen) atoms. The lowest BCUT2D eigenvalue weighted by atomic mass is 10.1. The molecule has 2 aromatic heterocycles. The van der Waals surface area contributed by atoms with Crippen molar-refractivity contribution in [2.45, 2.75) is 58.8 Å². The number of carbonyl (C=O) groups is 1. The molecule has 192 valence electrons. The van der Waals surface area contributed by atoms with Crippen LogP contribution < -0.4 is 9.47 Å². The lowest BCUT2D eigenvalue weighted by molar-refractivity contribution is -0.151. The first-order valence-electron chi connectivity index (χ1n) is 11.9. The molecule has 0 spiro atoms. The van der Waals surface area contributed by atoms with Gasteiger partial charge >= 0.3 is 6.16 Å². The van der Waals surface area contributed by atoms with E-state index < -0.39 is 12.0 Å². The molecule has 3 heterocycles. The van der Waals surface area contributed by atoms with E-state index in [4.69, 9.17) is 19.0 Å². The monoisotopic (exact) mass is 499 g/mol. The Morgan fingerprint density at radius 2 is 1.97 bits per heavy atom. The van der Waals surface area contributed by atoms with E-state index in [9.17, 15) is 9.18 Å². The summed E-state index contributed by atoms with van der Waals surface area (Å²) in [5.41, 5.74) is 1.42. The van der Waals surface area contributed by atoms with Gasteiger partial charge in [-0.25, -0.2) is 24.1 Å². The van der Waals surface area contributed by atoms with Crippen LogP contribution in [0.2, 0.25) is 0 Å². The molecule has 0 amide bonds. The molecule has 11 heteroatoms. The van der Waals surface area contributed by atoms with E-state index in [1.807, 2.05) is 16.8 Å².